The van der Waals surface area contributed by atoms with Crippen LogP contribution in [0.25, 0.3) is 11.4 Å². The van der Waals surface area contributed by atoms with Crippen molar-refractivity contribution in [2.24, 2.45) is 5.92 Å². The number of benzene rings is 1. The lowest BCUT2D eigenvalue weighted by molar-refractivity contribution is 0.177. The number of piperidine rings is 1. The van der Waals surface area contributed by atoms with Gasteiger partial charge in [0.15, 0.2) is 0 Å². The third kappa shape index (κ3) is 4.42. The summed E-state index contributed by atoms with van der Waals surface area (Å²) in [6.07, 6.45) is 2.37. The van der Waals surface area contributed by atoms with E-state index >= 15 is 0 Å². The molecule has 24 heavy (non-hydrogen) atoms. The standard InChI is InChI=1S/C19H28N4O/c1-14(2)13-23-10-8-16(9-11-23)20-12-18-21-19(22-24-18)17-7-5-4-6-15(17)3/h4-7,14,16,20H,8-13H2,1-3H3. The van der Waals surface area contributed by atoms with Crippen LogP contribution in [-0.2, 0) is 6.54 Å². The number of likely N-dealkylation sites (tertiary alicyclic amines) is 1. The van der Waals surface area contributed by atoms with E-state index < -0.39 is 0 Å². The van der Waals surface area contributed by atoms with Crippen LogP contribution in [0.15, 0.2) is 28.8 Å². The molecule has 5 heteroatoms. The Bertz CT molecular complexity index is 644. The normalized spacial score (nSPS) is 16.8. The maximum atomic E-state index is 5.40. The Labute approximate surface area is 144 Å². The zero-order chi connectivity index (χ0) is 16.9. The molecule has 1 aromatic carbocycles. The van der Waals surface area contributed by atoms with Crippen LogP contribution in [0.2, 0.25) is 0 Å². The summed E-state index contributed by atoms with van der Waals surface area (Å²) in [6.45, 7) is 10.8. The highest BCUT2D eigenvalue weighted by Gasteiger charge is 2.20. The van der Waals surface area contributed by atoms with Crippen molar-refractivity contribution in [3.8, 4) is 11.4 Å². The molecule has 1 N–H and O–H groups in total. The second-order valence-electron chi connectivity index (χ2n) is 7.18. The van der Waals surface area contributed by atoms with E-state index in [9.17, 15) is 0 Å². The van der Waals surface area contributed by atoms with Gasteiger partial charge in [0.05, 0.1) is 6.54 Å². The molecule has 0 atom stereocenters. The number of aromatic nitrogens is 2. The Kier molecular flexibility index (Phi) is 5.63. The largest absolute Gasteiger partial charge is 0.338 e. The Hall–Kier alpha value is -1.72. The van der Waals surface area contributed by atoms with E-state index in [1.54, 1.807) is 0 Å². The van der Waals surface area contributed by atoms with Crippen LogP contribution in [0.3, 0.4) is 0 Å². The SMILES string of the molecule is Cc1ccccc1-c1noc(CNC2CCN(CC(C)C)CC2)n1. The van der Waals surface area contributed by atoms with Crippen molar-refractivity contribution < 1.29 is 4.52 Å². The Morgan fingerprint density at radius 3 is 2.71 bits per heavy atom. The van der Waals surface area contributed by atoms with Crippen molar-refractivity contribution in [3.63, 3.8) is 0 Å². The molecule has 3 rings (SSSR count). The predicted octanol–water partition coefficient (Wildman–Crippen LogP) is 3.26. The first-order valence-corrected chi connectivity index (χ1v) is 8.96. The molecule has 0 aliphatic carbocycles. The summed E-state index contributed by atoms with van der Waals surface area (Å²) in [5.74, 6) is 2.09. The molecule has 1 aromatic heterocycles. The van der Waals surface area contributed by atoms with E-state index in [-0.39, 0.29) is 0 Å². The minimum atomic E-state index is 0.544. The van der Waals surface area contributed by atoms with Gasteiger partial charge in [-0.15, -0.1) is 0 Å². The molecule has 1 aliphatic rings. The van der Waals surface area contributed by atoms with E-state index in [1.807, 2.05) is 18.2 Å². The van der Waals surface area contributed by atoms with E-state index in [0.717, 1.165) is 17.0 Å². The van der Waals surface area contributed by atoms with Crippen LogP contribution in [0.4, 0.5) is 0 Å². The summed E-state index contributed by atoms with van der Waals surface area (Å²) in [6, 6.07) is 8.66. The van der Waals surface area contributed by atoms with Crippen molar-refractivity contribution >= 4 is 0 Å². The molecule has 130 valence electrons. The molecule has 0 amide bonds. The average Bonchev–Trinajstić information content (AvgIpc) is 3.03. The number of aryl methyl sites for hydroxylation is 1. The highest BCUT2D eigenvalue weighted by Crippen LogP contribution is 2.20. The summed E-state index contributed by atoms with van der Waals surface area (Å²) in [5, 5.41) is 7.69. The molecular weight excluding hydrogens is 300 g/mol. The van der Waals surface area contributed by atoms with Crippen molar-refractivity contribution in [1.29, 1.82) is 0 Å². The molecule has 1 aliphatic heterocycles. The molecule has 1 fully saturated rings. The number of hydrogen-bond acceptors (Lipinski definition) is 5. The van der Waals surface area contributed by atoms with Gasteiger partial charge in [-0.1, -0.05) is 43.3 Å². The zero-order valence-electron chi connectivity index (χ0n) is 15.0. The van der Waals surface area contributed by atoms with Gasteiger partial charge >= 0.3 is 0 Å². The Morgan fingerprint density at radius 1 is 1.25 bits per heavy atom. The molecule has 0 radical (unpaired) electrons. The zero-order valence-corrected chi connectivity index (χ0v) is 15.0. The van der Waals surface area contributed by atoms with Crippen molar-refractivity contribution in [3.05, 3.63) is 35.7 Å². The van der Waals surface area contributed by atoms with Crippen LogP contribution >= 0.6 is 0 Å². The van der Waals surface area contributed by atoms with Gasteiger partial charge in [-0.2, -0.15) is 4.98 Å². The van der Waals surface area contributed by atoms with E-state index in [0.29, 0.717) is 24.3 Å². The topological polar surface area (TPSA) is 54.2 Å². The van der Waals surface area contributed by atoms with Crippen molar-refractivity contribution in [2.75, 3.05) is 19.6 Å². The van der Waals surface area contributed by atoms with Gasteiger partial charge in [0, 0.05) is 18.2 Å². The van der Waals surface area contributed by atoms with Gasteiger partial charge in [-0.3, -0.25) is 0 Å². The highest BCUT2D eigenvalue weighted by atomic mass is 16.5. The fourth-order valence-electron chi connectivity index (χ4n) is 3.33. The predicted molar refractivity (Wildman–Crippen MR) is 95.6 cm³/mol. The Balaban J connectivity index is 1.49. The van der Waals surface area contributed by atoms with Gasteiger partial charge in [0.1, 0.15) is 0 Å². The van der Waals surface area contributed by atoms with Gasteiger partial charge in [-0.05, 0) is 44.3 Å². The minimum Gasteiger partial charge on any atom is -0.338 e. The van der Waals surface area contributed by atoms with Crippen molar-refractivity contribution in [1.82, 2.24) is 20.4 Å². The van der Waals surface area contributed by atoms with Crippen molar-refractivity contribution in [2.45, 2.75) is 46.2 Å². The van der Waals surface area contributed by atoms with Crippen LogP contribution in [0.5, 0.6) is 0 Å². The van der Waals surface area contributed by atoms with Crippen LogP contribution < -0.4 is 5.32 Å². The first-order chi connectivity index (χ1) is 11.6. The molecule has 2 aromatic rings. The highest BCUT2D eigenvalue weighted by molar-refractivity contribution is 5.58. The first kappa shape index (κ1) is 17.1. The third-order valence-electron chi connectivity index (χ3n) is 4.61. The Morgan fingerprint density at radius 2 is 2.00 bits per heavy atom. The maximum Gasteiger partial charge on any atom is 0.240 e. The number of hydrogen-bond donors (Lipinski definition) is 1. The molecule has 5 nitrogen and oxygen atoms in total. The van der Waals surface area contributed by atoms with E-state index in [4.69, 9.17) is 4.52 Å². The maximum absolute atomic E-state index is 5.40. The molecule has 1 saturated heterocycles. The van der Waals surface area contributed by atoms with Gasteiger partial charge < -0.3 is 14.7 Å². The van der Waals surface area contributed by atoms with Gasteiger partial charge in [0.2, 0.25) is 11.7 Å². The summed E-state index contributed by atoms with van der Waals surface area (Å²) in [5.41, 5.74) is 2.20. The van der Waals surface area contributed by atoms with Crippen LogP contribution in [0, 0.1) is 12.8 Å². The summed E-state index contributed by atoms with van der Waals surface area (Å²) < 4.78 is 5.40. The van der Waals surface area contributed by atoms with Crippen LogP contribution in [0.1, 0.15) is 38.1 Å². The van der Waals surface area contributed by atoms with E-state index in [2.05, 4.69) is 47.2 Å². The first-order valence-electron chi connectivity index (χ1n) is 8.96. The summed E-state index contributed by atoms with van der Waals surface area (Å²) in [4.78, 5) is 7.09. The summed E-state index contributed by atoms with van der Waals surface area (Å²) >= 11 is 0. The number of nitrogens with zero attached hydrogens (tertiary/aromatic N) is 3. The molecule has 0 unspecified atom stereocenters. The second-order valence-corrected chi connectivity index (χ2v) is 7.18. The lowest BCUT2D eigenvalue weighted by Crippen LogP contribution is -2.43. The molecule has 0 saturated carbocycles. The summed E-state index contributed by atoms with van der Waals surface area (Å²) in [7, 11) is 0. The fraction of sp³-hybridized carbons (Fsp3) is 0.579. The molecule has 0 bridgehead atoms. The van der Waals surface area contributed by atoms with E-state index in [1.165, 1.54) is 32.5 Å². The lowest BCUT2D eigenvalue weighted by Gasteiger charge is -2.33. The smallest absolute Gasteiger partial charge is 0.240 e. The third-order valence-corrected chi connectivity index (χ3v) is 4.61. The minimum absolute atomic E-state index is 0.544. The average molecular weight is 328 g/mol. The van der Waals surface area contributed by atoms with Gasteiger partial charge in [-0.25, -0.2) is 0 Å². The quantitative estimate of drug-likeness (QED) is 0.882. The molecule has 2 heterocycles. The monoisotopic (exact) mass is 328 g/mol. The number of nitrogens with one attached hydrogen (secondary N) is 1. The number of rotatable bonds is 6. The van der Waals surface area contributed by atoms with Crippen LogP contribution in [-0.4, -0.2) is 40.7 Å². The fourth-order valence-corrected chi connectivity index (χ4v) is 3.33. The molecule has 0 spiro atoms. The lowest BCUT2D eigenvalue weighted by atomic mass is 10.0. The molecular formula is C19H28N4O. The van der Waals surface area contributed by atoms with Gasteiger partial charge in [0.25, 0.3) is 0 Å². The second kappa shape index (κ2) is 7.90.